The van der Waals surface area contributed by atoms with Gasteiger partial charge in [-0.15, -0.1) is 0 Å². The third-order valence-corrected chi connectivity index (χ3v) is 1.58. The van der Waals surface area contributed by atoms with Crippen LogP contribution in [0.4, 0.5) is 0 Å². The first-order valence-corrected chi connectivity index (χ1v) is 3.57. The number of imidazole rings is 1. The summed E-state index contributed by atoms with van der Waals surface area (Å²) in [4.78, 5) is 24.4. The molecule has 0 saturated carbocycles. The van der Waals surface area contributed by atoms with E-state index in [0.717, 1.165) is 0 Å². The first-order valence-electron chi connectivity index (χ1n) is 3.57. The van der Waals surface area contributed by atoms with Crippen LogP contribution in [-0.2, 0) is 11.3 Å². The highest BCUT2D eigenvalue weighted by Crippen LogP contribution is 1.96. The van der Waals surface area contributed by atoms with Gasteiger partial charge < -0.3 is 9.72 Å². The van der Waals surface area contributed by atoms with Crippen molar-refractivity contribution in [1.29, 1.82) is 0 Å². The smallest absolute Gasteiger partial charge is 0.356 e. The lowest BCUT2D eigenvalue weighted by Gasteiger charge is -2.00. The summed E-state index contributed by atoms with van der Waals surface area (Å²) in [6.45, 7) is 2.23. The molecular weight excluding hydrogens is 160 g/mol. The molecule has 5 nitrogen and oxygen atoms in total. The van der Waals surface area contributed by atoms with Crippen LogP contribution in [0.3, 0.4) is 0 Å². The lowest BCUT2D eigenvalue weighted by molar-refractivity contribution is 0.0588. The van der Waals surface area contributed by atoms with E-state index in [1.807, 2.05) is 0 Å². The maximum Gasteiger partial charge on any atom is 0.356 e. The molecule has 0 aliphatic heterocycles. The Kier molecular flexibility index (Phi) is 2.32. The number of methoxy groups -OCH3 is 1. The second-order valence-electron chi connectivity index (χ2n) is 2.21. The topological polar surface area (TPSA) is 64.1 Å². The molecule has 66 valence electrons. The quantitative estimate of drug-likeness (QED) is 0.634. The average Bonchev–Trinajstić information content (AvgIpc) is 2.45. The number of aromatic nitrogens is 2. The fourth-order valence-electron chi connectivity index (χ4n) is 0.983. The maximum absolute atomic E-state index is 11.0. The normalized spacial score (nSPS) is 9.83. The second kappa shape index (κ2) is 3.25. The molecule has 0 atom stereocenters. The summed E-state index contributed by atoms with van der Waals surface area (Å²) >= 11 is 0. The number of H-pyrrole nitrogens is 1. The molecule has 1 heterocycles. The van der Waals surface area contributed by atoms with Crippen LogP contribution in [0, 0.1) is 0 Å². The monoisotopic (exact) mass is 170 g/mol. The van der Waals surface area contributed by atoms with Crippen LogP contribution in [0.15, 0.2) is 11.0 Å². The third kappa shape index (κ3) is 1.25. The predicted molar refractivity (Wildman–Crippen MR) is 42.1 cm³/mol. The van der Waals surface area contributed by atoms with Crippen molar-refractivity contribution in [3.8, 4) is 0 Å². The first-order chi connectivity index (χ1) is 5.70. The second-order valence-corrected chi connectivity index (χ2v) is 2.21. The first kappa shape index (κ1) is 8.58. The Hall–Kier alpha value is -1.52. The molecule has 1 N–H and O–H groups in total. The van der Waals surface area contributed by atoms with Crippen molar-refractivity contribution in [2.45, 2.75) is 13.5 Å². The van der Waals surface area contributed by atoms with Crippen LogP contribution in [0.1, 0.15) is 17.4 Å². The minimum Gasteiger partial charge on any atom is -0.464 e. The molecule has 0 saturated heterocycles. The molecule has 12 heavy (non-hydrogen) atoms. The minimum absolute atomic E-state index is 0.255. The molecule has 1 rings (SSSR count). The van der Waals surface area contributed by atoms with E-state index < -0.39 is 5.97 Å². The maximum atomic E-state index is 11.0. The number of ether oxygens (including phenoxy) is 1. The third-order valence-electron chi connectivity index (χ3n) is 1.58. The molecule has 0 radical (unpaired) electrons. The summed E-state index contributed by atoms with van der Waals surface area (Å²) in [5.41, 5.74) is -0.0390. The number of rotatable bonds is 2. The fourth-order valence-corrected chi connectivity index (χ4v) is 0.983. The van der Waals surface area contributed by atoms with Gasteiger partial charge in [-0.05, 0) is 6.92 Å². The lowest BCUT2D eigenvalue weighted by atomic mass is 10.4. The Bertz CT molecular complexity index is 337. The molecule has 0 fully saturated rings. The van der Waals surface area contributed by atoms with Gasteiger partial charge in [-0.25, -0.2) is 9.59 Å². The number of esters is 1. The van der Waals surface area contributed by atoms with Crippen molar-refractivity contribution in [3.63, 3.8) is 0 Å². The van der Waals surface area contributed by atoms with Gasteiger partial charge in [0.05, 0.1) is 7.11 Å². The number of carbonyl (C=O) groups excluding carboxylic acids is 1. The Morgan fingerprint density at radius 3 is 2.92 bits per heavy atom. The molecule has 5 heteroatoms. The minimum atomic E-state index is -0.504. The number of carbonyl (C=O) groups is 1. The van der Waals surface area contributed by atoms with E-state index in [1.54, 1.807) is 6.92 Å². The predicted octanol–water partition coefficient (Wildman–Crippen LogP) is -0.0171. The largest absolute Gasteiger partial charge is 0.464 e. The molecule has 0 amide bonds. The van der Waals surface area contributed by atoms with E-state index in [2.05, 4.69) is 9.72 Å². The van der Waals surface area contributed by atoms with Gasteiger partial charge >= 0.3 is 11.7 Å². The molecular formula is C7H10N2O3. The summed E-state index contributed by atoms with van der Waals surface area (Å²) in [7, 11) is 1.28. The Labute approximate surface area is 69.0 Å². The van der Waals surface area contributed by atoms with Gasteiger partial charge in [0.2, 0.25) is 0 Å². The lowest BCUT2D eigenvalue weighted by Crippen LogP contribution is -2.20. The SMILES string of the molecule is CCn1c(C(=O)OC)c[nH]c1=O. The van der Waals surface area contributed by atoms with Crippen LogP contribution in [0.25, 0.3) is 0 Å². The van der Waals surface area contributed by atoms with E-state index in [0.29, 0.717) is 6.54 Å². The number of aromatic amines is 1. The Morgan fingerprint density at radius 1 is 1.75 bits per heavy atom. The highest BCUT2D eigenvalue weighted by molar-refractivity contribution is 5.87. The number of hydrogen-bond donors (Lipinski definition) is 1. The summed E-state index contributed by atoms with van der Waals surface area (Å²) in [5, 5.41) is 0. The van der Waals surface area contributed by atoms with Crippen molar-refractivity contribution in [2.75, 3.05) is 7.11 Å². The summed E-state index contributed by atoms with van der Waals surface area (Å²) in [6, 6.07) is 0. The van der Waals surface area contributed by atoms with Crippen LogP contribution >= 0.6 is 0 Å². The Morgan fingerprint density at radius 2 is 2.42 bits per heavy atom. The summed E-state index contributed by atoms with van der Waals surface area (Å²) < 4.78 is 5.78. The van der Waals surface area contributed by atoms with Gasteiger partial charge in [0.1, 0.15) is 5.69 Å². The molecule has 0 aliphatic rings. The average molecular weight is 170 g/mol. The molecule has 0 unspecified atom stereocenters. The van der Waals surface area contributed by atoms with E-state index in [9.17, 15) is 9.59 Å². The van der Waals surface area contributed by atoms with E-state index in [4.69, 9.17) is 0 Å². The number of nitrogens with one attached hydrogen (secondary N) is 1. The molecule has 0 spiro atoms. The summed E-state index contributed by atoms with van der Waals surface area (Å²) in [6.07, 6.45) is 1.34. The van der Waals surface area contributed by atoms with E-state index in [1.165, 1.54) is 17.9 Å². The van der Waals surface area contributed by atoms with Crippen molar-refractivity contribution in [3.05, 3.63) is 22.4 Å². The van der Waals surface area contributed by atoms with Crippen molar-refractivity contribution >= 4 is 5.97 Å². The zero-order valence-corrected chi connectivity index (χ0v) is 6.96. The molecule has 1 aromatic rings. The number of hydrogen-bond acceptors (Lipinski definition) is 3. The van der Waals surface area contributed by atoms with Crippen molar-refractivity contribution in [2.24, 2.45) is 0 Å². The fraction of sp³-hybridized carbons (Fsp3) is 0.429. The van der Waals surface area contributed by atoms with Crippen molar-refractivity contribution < 1.29 is 9.53 Å². The molecule has 0 aliphatic carbocycles. The number of nitrogens with zero attached hydrogens (tertiary/aromatic N) is 1. The highest BCUT2D eigenvalue weighted by atomic mass is 16.5. The van der Waals surface area contributed by atoms with Crippen molar-refractivity contribution in [1.82, 2.24) is 9.55 Å². The van der Waals surface area contributed by atoms with Gasteiger partial charge in [0.25, 0.3) is 0 Å². The zero-order chi connectivity index (χ0) is 9.14. The van der Waals surface area contributed by atoms with Crippen LogP contribution in [0.5, 0.6) is 0 Å². The van der Waals surface area contributed by atoms with Gasteiger partial charge in [0.15, 0.2) is 0 Å². The molecule has 0 aromatic carbocycles. The van der Waals surface area contributed by atoms with Gasteiger partial charge in [-0.1, -0.05) is 0 Å². The molecule has 1 aromatic heterocycles. The van der Waals surface area contributed by atoms with E-state index in [-0.39, 0.29) is 11.4 Å². The van der Waals surface area contributed by atoms with Crippen LogP contribution < -0.4 is 5.69 Å². The summed E-state index contributed by atoms with van der Waals surface area (Å²) in [5.74, 6) is -0.504. The Balaban J connectivity index is 3.16. The van der Waals surface area contributed by atoms with Gasteiger partial charge in [-0.3, -0.25) is 4.57 Å². The van der Waals surface area contributed by atoms with E-state index >= 15 is 0 Å². The zero-order valence-electron chi connectivity index (χ0n) is 6.96. The van der Waals surface area contributed by atoms with Gasteiger partial charge in [-0.2, -0.15) is 0 Å². The molecule has 0 bridgehead atoms. The standard InChI is InChI=1S/C7H10N2O3/c1-3-9-5(6(10)12-2)4-8-7(9)11/h4H,3H2,1-2H3,(H,8,11). The van der Waals surface area contributed by atoms with Crippen LogP contribution in [0.2, 0.25) is 0 Å². The van der Waals surface area contributed by atoms with Gasteiger partial charge in [0, 0.05) is 12.7 Å². The van der Waals surface area contributed by atoms with Crippen LogP contribution in [-0.4, -0.2) is 22.6 Å². The highest BCUT2D eigenvalue weighted by Gasteiger charge is 2.12.